The first-order valence-corrected chi connectivity index (χ1v) is 7.58. The van der Waals surface area contributed by atoms with Gasteiger partial charge in [0, 0.05) is 12.1 Å². The molecule has 0 fully saturated rings. The number of aromatic nitrogens is 2. The molecule has 7 heteroatoms. The first-order chi connectivity index (χ1) is 11.3. The van der Waals surface area contributed by atoms with Crippen molar-refractivity contribution < 1.29 is 19.4 Å². The van der Waals surface area contributed by atoms with E-state index in [4.69, 9.17) is 14.6 Å². The maximum Gasteiger partial charge on any atom is 0.267 e. The molecule has 4 rings (SSSR count). The van der Waals surface area contributed by atoms with Crippen LogP contribution >= 0.6 is 0 Å². The van der Waals surface area contributed by atoms with Gasteiger partial charge in [0.15, 0.2) is 11.5 Å². The van der Waals surface area contributed by atoms with Gasteiger partial charge in [0.2, 0.25) is 6.10 Å². The summed E-state index contributed by atoms with van der Waals surface area (Å²) in [6.07, 6.45) is 1.12. The van der Waals surface area contributed by atoms with Crippen molar-refractivity contribution in [2.75, 3.05) is 13.2 Å². The van der Waals surface area contributed by atoms with Crippen molar-refractivity contribution in [3.05, 3.63) is 41.7 Å². The highest BCUT2D eigenvalue weighted by atomic mass is 16.6. The molecule has 1 aromatic carbocycles. The van der Waals surface area contributed by atoms with Crippen molar-refractivity contribution in [2.24, 2.45) is 0 Å². The smallest absolute Gasteiger partial charge is 0.267 e. The van der Waals surface area contributed by atoms with E-state index >= 15 is 0 Å². The Kier molecular flexibility index (Phi) is 3.42. The third-order valence-corrected chi connectivity index (χ3v) is 4.14. The number of hydrogen-bond acceptors (Lipinski definition) is 5. The highest BCUT2D eigenvalue weighted by molar-refractivity contribution is 5.82. The van der Waals surface area contributed by atoms with E-state index in [0.717, 1.165) is 11.3 Å². The maximum atomic E-state index is 12.7. The Morgan fingerprint density at radius 1 is 1.30 bits per heavy atom. The highest BCUT2D eigenvalue weighted by Gasteiger charge is 2.35. The van der Waals surface area contributed by atoms with Gasteiger partial charge in [-0.1, -0.05) is 12.1 Å². The molecule has 23 heavy (non-hydrogen) atoms. The molecule has 1 unspecified atom stereocenters. The average molecular weight is 315 g/mol. The van der Waals surface area contributed by atoms with Crippen molar-refractivity contribution in [3.8, 4) is 11.5 Å². The van der Waals surface area contributed by atoms with Crippen molar-refractivity contribution in [1.29, 1.82) is 0 Å². The van der Waals surface area contributed by atoms with Crippen molar-refractivity contribution in [1.82, 2.24) is 14.7 Å². The van der Waals surface area contributed by atoms with Crippen LogP contribution in [0.15, 0.2) is 30.5 Å². The number of nitrogens with zero attached hydrogens (tertiary/aromatic N) is 3. The van der Waals surface area contributed by atoms with Crippen LogP contribution in [0.1, 0.15) is 11.3 Å². The van der Waals surface area contributed by atoms with Gasteiger partial charge in [-0.05, 0) is 12.1 Å². The van der Waals surface area contributed by atoms with E-state index in [9.17, 15) is 4.79 Å². The first-order valence-electron chi connectivity index (χ1n) is 7.58. The van der Waals surface area contributed by atoms with Crippen LogP contribution in [0.3, 0.4) is 0 Å². The predicted octanol–water partition coefficient (Wildman–Crippen LogP) is 0.558. The molecular formula is C16H17N3O4. The molecule has 0 spiro atoms. The Morgan fingerprint density at radius 3 is 2.96 bits per heavy atom. The number of ether oxygens (including phenoxy) is 2. The van der Waals surface area contributed by atoms with E-state index in [1.807, 2.05) is 18.2 Å². The average Bonchev–Trinajstić information content (AvgIpc) is 3.16. The molecule has 1 N–H and O–H groups in total. The number of aliphatic hydroxyl groups excluding tert-OH is 1. The number of fused-ring (bicyclic) bond motifs is 2. The number of benzene rings is 1. The monoisotopic (exact) mass is 315 g/mol. The van der Waals surface area contributed by atoms with Gasteiger partial charge in [0.05, 0.1) is 31.6 Å². The van der Waals surface area contributed by atoms with E-state index in [1.165, 1.54) is 0 Å². The summed E-state index contributed by atoms with van der Waals surface area (Å²) in [5, 5.41) is 13.3. The largest absolute Gasteiger partial charge is 0.485 e. The molecule has 2 aromatic rings. The van der Waals surface area contributed by atoms with Crippen LogP contribution in [-0.4, -0.2) is 45.0 Å². The number of carbonyl (C=O) groups excluding carboxylic acids is 1. The van der Waals surface area contributed by atoms with Gasteiger partial charge in [-0.3, -0.25) is 9.48 Å². The molecular weight excluding hydrogens is 298 g/mol. The topological polar surface area (TPSA) is 76.8 Å². The third kappa shape index (κ3) is 2.43. The van der Waals surface area contributed by atoms with Crippen molar-refractivity contribution in [2.45, 2.75) is 25.7 Å². The molecule has 0 aliphatic carbocycles. The van der Waals surface area contributed by atoms with Crippen molar-refractivity contribution >= 4 is 5.91 Å². The quantitative estimate of drug-likeness (QED) is 0.895. The second-order valence-corrected chi connectivity index (χ2v) is 5.62. The summed E-state index contributed by atoms with van der Waals surface area (Å²) >= 11 is 0. The maximum absolute atomic E-state index is 12.7. The summed E-state index contributed by atoms with van der Waals surface area (Å²) in [4.78, 5) is 14.4. The summed E-state index contributed by atoms with van der Waals surface area (Å²) in [6.45, 7) is 1.68. The van der Waals surface area contributed by atoms with Crippen molar-refractivity contribution in [3.63, 3.8) is 0 Å². The van der Waals surface area contributed by atoms with E-state index in [1.54, 1.807) is 21.8 Å². The minimum atomic E-state index is -0.631. The van der Waals surface area contributed by atoms with E-state index in [2.05, 4.69) is 5.10 Å². The second kappa shape index (κ2) is 5.58. The zero-order chi connectivity index (χ0) is 15.8. The van der Waals surface area contributed by atoms with E-state index in [0.29, 0.717) is 31.1 Å². The molecule has 7 nitrogen and oxygen atoms in total. The third-order valence-electron chi connectivity index (χ3n) is 4.14. The van der Waals surface area contributed by atoms with Gasteiger partial charge < -0.3 is 19.5 Å². The van der Waals surface area contributed by atoms with Gasteiger partial charge in [0.25, 0.3) is 5.91 Å². The van der Waals surface area contributed by atoms with Crippen LogP contribution in [0.25, 0.3) is 0 Å². The molecule has 120 valence electrons. The zero-order valence-corrected chi connectivity index (χ0v) is 12.5. The lowest BCUT2D eigenvalue weighted by Gasteiger charge is -2.28. The molecule has 3 heterocycles. The SMILES string of the molecule is O=C(C1COc2ccccc2O1)N1Cc2cnn(CCO)c2C1. The van der Waals surface area contributed by atoms with E-state index < -0.39 is 6.10 Å². The second-order valence-electron chi connectivity index (χ2n) is 5.62. The Balaban J connectivity index is 1.47. The standard InChI is InChI=1S/C16H17N3O4/c20-6-5-19-12-9-18(8-11(12)7-17-19)16(21)15-10-22-13-3-1-2-4-14(13)23-15/h1-4,7,15,20H,5-6,8-10H2. The van der Waals surface area contributed by atoms with Gasteiger partial charge >= 0.3 is 0 Å². The fourth-order valence-electron chi connectivity index (χ4n) is 3.00. The number of hydrogen-bond donors (Lipinski definition) is 1. The van der Waals surface area contributed by atoms with Gasteiger partial charge in [-0.15, -0.1) is 0 Å². The Morgan fingerprint density at radius 2 is 2.13 bits per heavy atom. The van der Waals surface area contributed by atoms with Gasteiger partial charge in [0.1, 0.15) is 6.61 Å². The van der Waals surface area contributed by atoms with Crippen LogP contribution in [0.2, 0.25) is 0 Å². The summed E-state index contributed by atoms with van der Waals surface area (Å²) in [6, 6.07) is 7.34. The molecule has 0 radical (unpaired) electrons. The molecule has 0 saturated heterocycles. The number of rotatable bonds is 3. The molecule has 1 aromatic heterocycles. The van der Waals surface area contributed by atoms with Crippen LogP contribution < -0.4 is 9.47 Å². The van der Waals surface area contributed by atoms with E-state index in [-0.39, 0.29) is 19.1 Å². The summed E-state index contributed by atoms with van der Waals surface area (Å²) < 4.78 is 13.1. The molecule has 1 atom stereocenters. The lowest BCUT2D eigenvalue weighted by molar-refractivity contribution is -0.141. The minimum absolute atomic E-state index is 0.0262. The fourth-order valence-corrected chi connectivity index (χ4v) is 3.00. The van der Waals surface area contributed by atoms with Gasteiger partial charge in [-0.2, -0.15) is 5.10 Å². The molecule has 2 aliphatic rings. The number of para-hydroxylation sites is 2. The lowest BCUT2D eigenvalue weighted by atomic mass is 10.2. The molecule has 2 aliphatic heterocycles. The lowest BCUT2D eigenvalue weighted by Crippen LogP contribution is -2.44. The summed E-state index contributed by atoms with van der Waals surface area (Å²) in [5.74, 6) is 1.17. The first kappa shape index (κ1) is 14.1. The normalized spacial score (nSPS) is 18.8. The highest BCUT2D eigenvalue weighted by Crippen LogP contribution is 2.32. The Hall–Kier alpha value is -2.54. The Labute approximate surface area is 133 Å². The molecule has 0 saturated carbocycles. The molecule has 0 bridgehead atoms. The number of aliphatic hydroxyl groups is 1. The van der Waals surface area contributed by atoms with Crippen LogP contribution in [0, 0.1) is 0 Å². The number of carbonyl (C=O) groups is 1. The Bertz CT molecular complexity index is 743. The zero-order valence-electron chi connectivity index (χ0n) is 12.5. The van der Waals surface area contributed by atoms with Crippen LogP contribution in [0.4, 0.5) is 0 Å². The van der Waals surface area contributed by atoms with Gasteiger partial charge in [-0.25, -0.2) is 0 Å². The predicted molar refractivity (Wildman–Crippen MR) is 79.9 cm³/mol. The number of amides is 1. The summed E-state index contributed by atoms with van der Waals surface area (Å²) in [5.41, 5.74) is 1.99. The van der Waals surface area contributed by atoms with Crippen LogP contribution in [0.5, 0.6) is 11.5 Å². The molecule has 1 amide bonds. The minimum Gasteiger partial charge on any atom is -0.485 e. The fraction of sp³-hybridized carbons (Fsp3) is 0.375. The summed E-state index contributed by atoms with van der Waals surface area (Å²) in [7, 11) is 0. The van der Waals surface area contributed by atoms with Crippen LogP contribution in [-0.2, 0) is 24.4 Å².